The number of hydrogen-bond acceptors (Lipinski definition) is 2. The molecule has 0 aliphatic carbocycles. The fourth-order valence-corrected chi connectivity index (χ4v) is 1.78. The summed E-state index contributed by atoms with van der Waals surface area (Å²) in [7, 11) is 0. The van der Waals surface area contributed by atoms with Gasteiger partial charge < -0.3 is 4.42 Å². The first-order chi connectivity index (χ1) is 8.63. The van der Waals surface area contributed by atoms with Crippen LogP contribution in [-0.4, -0.2) is 4.98 Å². The van der Waals surface area contributed by atoms with Crippen LogP contribution in [0.2, 0.25) is 0 Å². The molecule has 0 saturated carbocycles. The van der Waals surface area contributed by atoms with E-state index in [0.29, 0.717) is 16.7 Å². The first-order valence-corrected chi connectivity index (χ1v) is 5.46. The lowest BCUT2D eigenvalue weighted by atomic mass is 10.2. The van der Waals surface area contributed by atoms with Crippen molar-refractivity contribution in [2.75, 3.05) is 0 Å². The van der Waals surface area contributed by atoms with Crippen LogP contribution < -0.4 is 0 Å². The highest BCUT2D eigenvalue weighted by molar-refractivity contribution is 5.76. The largest absolute Gasteiger partial charge is 0.436 e. The van der Waals surface area contributed by atoms with Crippen molar-refractivity contribution in [1.82, 2.24) is 4.98 Å². The summed E-state index contributed by atoms with van der Waals surface area (Å²) in [6, 6.07) is 9.18. The lowest BCUT2D eigenvalue weighted by Crippen LogP contribution is -1.85. The second-order valence-electron chi connectivity index (χ2n) is 4.12. The van der Waals surface area contributed by atoms with Crippen molar-refractivity contribution in [3.05, 3.63) is 53.6 Å². The van der Waals surface area contributed by atoms with Gasteiger partial charge in [-0.2, -0.15) is 0 Å². The molecule has 18 heavy (non-hydrogen) atoms. The van der Waals surface area contributed by atoms with Gasteiger partial charge in [0, 0.05) is 5.56 Å². The second-order valence-corrected chi connectivity index (χ2v) is 4.12. The highest BCUT2D eigenvalue weighted by Gasteiger charge is 2.10. The zero-order chi connectivity index (χ0) is 12.7. The van der Waals surface area contributed by atoms with Gasteiger partial charge in [0.05, 0.1) is 0 Å². The summed E-state index contributed by atoms with van der Waals surface area (Å²) >= 11 is 0. The van der Waals surface area contributed by atoms with Crippen LogP contribution in [-0.2, 0) is 0 Å². The molecule has 3 rings (SSSR count). The van der Waals surface area contributed by atoms with Crippen molar-refractivity contribution in [1.29, 1.82) is 0 Å². The Morgan fingerprint density at radius 3 is 2.61 bits per heavy atom. The minimum absolute atomic E-state index is 0.287. The molecule has 90 valence electrons. The number of oxazole rings is 1. The molecule has 3 aromatic rings. The molecule has 0 N–H and O–H groups in total. The number of hydrogen-bond donors (Lipinski definition) is 0. The third-order valence-corrected chi connectivity index (χ3v) is 2.71. The standard InChI is InChI=1S/C14H9F2NO/c1-8-2-5-12-13(6-8)18-14(17-12)9-3-4-10(15)11(16)7-9/h2-7H,1H3. The van der Waals surface area contributed by atoms with Gasteiger partial charge in [0.2, 0.25) is 5.89 Å². The quantitative estimate of drug-likeness (QED) is 0.645. The Morgan fingerprint density at radius 1 is 1.00 bits per heavy atom. The minimum Gasteiger partial charge on any atom is -0.436 e. The van der Waals surface area contributed by atoms with E-state index >= 15 is 0 Å². The molecule has 0 radical (unpaired) electrons. The molecule has 0 spiro atoms. The van der Waals surface area contributed by atoms with Gasteiger partial charge in [0.1, 0.15) is 5.52 Å². The van der Waals surface area contributed by atoms with Crippen molar-refractivity contribution < 1.29 is 13.2 Å². The van der Waals surface area contributed by atoms with E-state index in [2.05, 4.69) is 4.98 Å². The van der Waals surface area contributed by atoms with Crippen molar-refractivity contribution in [2.24, 2.45) is 0 Å². The lowest BCUT2D eigenvalue weighted by Gasteiger charge is -1.96. The molecule has 0 atom stereocenters. The number of aryl methyl sites for hydroxylation is 1. The number of rotatable bonds is 1. The van der Waals surface area contributed by atoms with Crippen LogP contribution in [0, 0.1) is 18.6 Å². The predicted octanol–water partition coefficient (Wildman–Crippen LogP) is 4.08. The zero-order valence-corrected chi connectivity index (χ0v) is 9.58. The summed E-state index contributed by atoms with van der Waals surface area (Å²) in [4.78, 5) is 4.24. The fourth-order valence-electron chi connectivity index (χ4n) is 1.78. The summed E-state index contributed by atoms with van der Waals surface area (Å²) < 4.78 is 31.5. The van der Waals surface area contributed by atoms with Crippen molar-refractivity contribution >= 4 is 11.1 Å². The molecule has 0 amide bonds. The van der Waals surface area contributed by atoms with Crippen LogP contribution in [0.15, 0.2) is 40.8 Å². The smallest absolute Gasteiger partial charge is 0.227 e. The van der Waals surface area contributed by atoms with E-state index in [9.17, 15) is 8.78 Å². The van der Waals surface area contributed by atoms with Crippen LogP contribution in [0.1, 0.15) is 5.56 Å². The Kier molecular flexibility index (Phi) is 2.37. The highest BCUT2D eigenvalue weighted by Crippen LogP contribution is 2.25. The van der Waals surface area contributed by atoms with Crippen LogP contribution in [0.4, 0.5) is 8.78 Å². The maximum atomic E-state index is 13.1. The first kappa shape index (κ1) is 10.9. The second kappa shape index (κ2) is 3.91. The molecule has 2 aromatic carbocycles. The number of nitrogens with zero attached hydrogens (tertiary/aromatic N) is 1. The summed E-state index contributed by atoms with van der Waals surface area (Å²) in [5, 5.41) is 0. The average Bonchev–Trinajstić information content (AvgIpc) is 2.75. The van der Waals surface area contributed by atoms with E-state index in [0.717, 1.165) is 17.7 Å². The molecule has 2 nitrogen and oxygen atoms in total. The minimum atomic E-state index is -0.911. The molecule has 4 heteroatoms. The number of benzene rings is 2. The molecular weight excluding hydrogens is 236 g/mol. The van der Waals surface area contributed by atoms with E-state index in [-0.39, 0.29) is 5.89 Å². The first-order valence-electron chi connectivity index (χ1n) is 5.46. The molecule has 0 unspecified atom stereocenters. The van der Waals surface area contributed by atoms with Gasteiger partial charge in [0.25, 0.3) is 0 Å². The molecule has 1 heterocycles. The van der Waals surface area contributed by atoms with E-state index < -0.39 is 11.6 Å². The Morgan fingerprint density at radius 2 is 1.83 bits per heavy atom. The van der Waals surface area contributed by atoms with Crippen LogP contribution in [0.3, 0.4) is 0 Å². The van der Waals surface area contributed by atoms with Gasteiger partial charge in [-0.15, -0.1) is 0 Å². The average molecular weight is 245 g/mol. The Hall–Kier alpha value is -2.23. The van der Waals surface area contributed by atoms with Gasteiger partial charge in [-0.1, -0.05) is 6.07 Å². The van der Waals surface area contributed by atoms with Crippen molar-refractivity contribution in [3.63, 3.8) is 0 Å². The highest BCUT2D eigenvalue weighted by atomic mass is 19.2. The number of aromatic nitrogens is 1. The van der Waals surface area contributed by atoms with E-state index in [1.165, 1.54) is 6.07 Å². The monoisotopic (exact) mass is 245 g/mol. The molecule has 0 fully saturated rings. The van der Waals surface area contributed by atoms with Crippen LogP contribution in [0.5, 0.6) is 0 Å². The SMILES string of the molecule is Cc1ccc2nc(-c3ccc(F)c(F)c3)oc2c1. The molecule has 0 saturated heterocycles. The Bertz CT molecular complexity index is 734. The zero-order valence-electron chi connectivity index (χ0n) is 9.58. The number of fused-ring (bicyclic) bond motifs is 1. The van der Waals surface area contributed by atoms with Gasteiger partial charge in [-0.3, -0.25) is 0 Å². The summed E-state index contributed by atoms with van der Waals surface area (Å²) in [5.41, 5.74) is 2.80. The molecule has 0 bridgehead atoms. The van der Waals surface area contributed by atoms with Gasteiger partial charge in [-0.25, -0.2) is 13.8 Å². The number of halogens is 2. The molecular formula is C14H9F2NO. The van der Waals surface area contributed by atoms with Crippen molar-refractivity contribution in [3.8, 4) is 11.5 Å². The summed E-state index contributed by atoms with van der Waals surface area (Å²) in [6.07, 6.45) is 0. The Labute approximate surface area is 102 Å². The van der Waals surface area contributed by atoms with E-state index in [1.54, 1.807) is 0 Å². The third-order valence-electron chi connectivity index (χ3n) is 2.71. The maximum Gasteiger partial charge on any atom is 0.227 e. The molecule has 1 aromatic heterocycles. The third kappa shape index (κ3) is 1.76. The van der Waals surface area contributed by atoms with Gasteiger partial charge in [0.15, 0.2) is 17.2 Å². The lowest BCUT2D eigenvalue weighted by molar-refractivity contribution is 0.508. The maximum absolute atomic E-state index is 13.1. The van der Waals surface area contributed by atoms with Gasteiger partial charge in [-0.05, 0) is 42.8 Å². The summed E-state index contributed by atoms with van der Waals surface area (Å²) in [5.74, 6) is -1.51. The molecule has 0 aliphatic heterocycles. The Balaban J connectivity index is 2.16. The van der Waals surface area contributed by atoms with Gasteiger partial charge >= 0.3 is 0 Å². The van der Waals surface area contributed by atoms with Crippen LogP contribution in [0.25, 0.3) is 22.6 Å². The molecule has 0 aliphatic rings. The van der Waals surface area contributed by atoms with Crippen molar-refractivity contribution in [2.45, 2.75) is 6.92 Å². The topological polar surface area (TPSA) is 26.0 Å². The van der Waals surface area contributed by atoms with E-state index in [4.69, 9.17) is 4.42 Å². The summed E-state index contributed by atoms with van der Waals surface area (Å²) in [6.45, 7) is 1.94. The predicted molar refractivity (Wildman–Crippen MR) is 64.1 cm³/mol. The normalized spacial score (nSPS) is 11.1. The van der Waals surface area contributed by atoms with E-state index in [1.807, 2.05) is 25.1 Å². The van der Waals surface area contributed by atoms with Crippen LogP contribution >= 0.6 is 0 Å². The fraction of sp³-hybridized carbons (Fsp3) is 0.0714.